The molecule has 0 radical (unpaired) electrons. The van der Waals surface area contributed by atoms with Gasteiger partial charge in [-0.1, -0.05) is 0 Å². The second kappa shape index (κ2) is 4.06. The zero-order valence-electron chi connectivity index (χ0n) is 8.31. The molecule has 14 heavy (non-hydrogen) atoms. The summed E-state index contributed by atoms with van der Waals surface area (Å²) in [5.41, 5.74) is 1.90. The number of aryl methyl sites for hydroxylation is 2. The fraction of sp³-hybridized carbons (Fsp3) is 0.333. The number of aromatic nitrogens is 1. The van der Waals surface area contributed by atoms with E-state index in [1.807, 2.05) is 6.92 Å². The molecule has 0 aliphatic carbocycles. The Kier molecular flexibility index (Phi) is 3.03. The van der Waals surface area contributed by atoms with E-state index in [-0.39, 0.29) is 0 Å². The van der Waals surface area contributed by atoms with Crippen LogP contribution in [0.25, 0.3) is 0 Å². The van der Waals surface area contributed by atoms with Crippen molar-refractivity contribution >= 4 is 11.8 Å². The molecule has 76 valence electrons. The summed E-state index contributed by atoms with van der Waals surface area (Å²) in [7, 11) is 1.20. The quantitative estimate of drug-likeness (QED) is 0.548. The van der Waals surface area contributed by atoms with E-state index >= 15 is 0 Å². The predicted octanol–water partition coefficient (Wildman–Crippen LogP) is 1.66. The van der Waals surface area contributed by atoms with Gasteiger partial charge in [0.05, 0.1) is 19.0 Å². The van der Waals surface area contributed by atoms with Crippen molar-refractivity contribution in [2.75, 3.05) is 12.2 Å². The van der Waals surface area contributed by atoms with Crippen LogP contribution in [0.2, 0.25) is 0 Å². The van der Waals surface area contributed by atoms with Gasteiger partial charge in [0.2, 0.25) is 0 Å². The maximum absolute atomic E-state index is 11.0. The second-order valence-electron chi connectivity index (χ2n) is 2.89. The fourth-order valence-electron chi connectivity index (χ4n) is 1.10. The summed E-state index contributed by atoms with van der Waals surface area (Å²) in [6.45, 7) is 3.60. The van der Waals surface area contributed by atoms with E-state index in [9.17, 15) is 10.0 Å². The first-order chi connectivity index (χ1) is 6.56. The van der Waals surface area contributed by atoms with Gasteiger partial charge >= 0.3 is 6.09 Å². The van der Waals surface area contributed by atoms with Crippen molar-refractivity contribution in [2.45, 2.75) is 13.8 Å². The number of ether oxygens (including phenoxy) is 1. The van der Waals surface area contributed by atoms with Gasteiger partial charge in [-0.15, -0.1) is 0 Å². The van der Waals surface area contributed by atoms with Crippen molar-refractivity contribution in [1.29, 1.82) is 0 Å². The summed E-state index contributed by atoms with van der Waals surface area (Å²) >= 11 is 0. The molecule has 0 saturated carbocycles. The Hall–Kier alpha value is -1.62. The van der Waals surface area contributed by atoms with E-state index in [0.717, 1.165) is 11.3 Å². The van der Waals surface area contributed by atoms with Crippen LogP contribution in [0.3, 0.4) is 0 Å². The number of carbonyl (C=O) groups excluding carboxylic acids is 1. The lowest BCUT2D eigenvalue weighted by Crippen LogP contribution is -2.27. The van der Waals surface area contributed by atoms with Gasteiger partial charge in [0, 0.05) is 5.69 Å². The lowest BCUT2D eigenvalue weighted by Gasteiger charge is -2.15. The van der Waals surface area contributed by atoms with Crippen LogP contribution in [0.5, 0.6) is 0 Å². The van der Waals surface area contributed by atoms with Gasteiger partial charge in [-0.2, -0.15) is 5.06 Å². The van der Waals surface area contributed by atoms with E-state index in [4.69, 9.17) is 0 Å². The number of methoxy groups -OCH3 is 1. The van der Waals surface area contributed by atoms with E-state index in [1.54, 1.807) is 13.0 Å². The van der Waals surface area contributed by atoms with Crippen LogP contribution in [-0.2, 0) is 4.74 Å². The smallest absolute Gasteiger partial charge is 0.438 e. The third-order valence-corrected chi connectivity index (χ3v) is 1.80. The summed E-state index contributed by atoms with van der Waals surface area (Å²) in [4.78, 5) is 14.9. The Bertz CT molecular complexity index is 352. The number of anilines is 1. The van der Waals surface area contributed by atoms with E-state index in [2.05, 4.69) is 9.72 Å². The van der Waals surface area contributed by atoms with Gasteiger partial charge in [-0.3, -0.25) is 10.2 Å². The molecule has 1 rings (SSSR count). The number of nitrogens with zero attached hydrogens (tertiary/aromatic N) is 2. The van der Waals surface area contributed by atoms with Crippen LogP contribution >= 0.6 is 0 Å². The highest BCUT2D eigenvalue weighted by Gasteiger charge is 2.15. The Balaban J connectivity index is 3.01. The minimum absolute atomic E-state index is 0.322. The lowest BCUT2D eigenvalue weighted by atomic mass is 10.2. The Morgan fingerprint density at radius 1 is 1.57 bits per heavy atom. The van der Waals surface area contributed by atoms with E-state index in [0.29, 0.717) is 10.8 Å². The average molecular weight is 196 g/mol. The summed E-state index contributed by atoms with van der Waals surface area (Å²) in [6, 6.07) is 1.77. The zero-order valence-corrected chi connectivity index (χ0v) is 8.31. The molecule has 0 fully saturated rings. The molecule has 0 aliphatic heterocycles. The van der Waals surface area contributed by atoms with Crippen LogP contribution in [0.4, 0.5) is 10.5 Å². The largest absolute Gasteiger partial charge is 0.451 e. The molecule has 0 atom stereocenters. The maximum atomic E-state index is 11.0. The standard InChI is InChI=1S/C9H12N2O3/c1-6-4-7(2)10-5-8(6)11(13)9(12)14-3/h4-5,13H,1-3H3. The van der Waals surface area contributed by atoms with Crippen LogP contribution in [-0.4, -0.2) is 23.4 Å². The maximum Gasteiger partial charge on any atom is 0.438 e. The Morgan fingerprint density at radius 3 is 2.71 bits per heavy atom. The van der Waals surface area contributed by atoms with Crippen LogP contribution in [0, 0.1) is 13.8 Å². The zero-order chi connectivity index (χ0) is 10.7. The van der Waals surface area contributed by atoms with Gasteiger partial charge in [0.1, 0.15) is 0 Å². The van der Waals surface area contributed by atoms with Crippen LogP contribution in [0.1, 0.15) is 11.3 Å². The molecular weight excluding hydrogens is 184 g/mol. The van der Waals surface area contributed by atoms with Crippen molar-refractivity contribution in [2.24, 2.45) is 0 Å². The number of carbonyl (C=O) groups is 1. The van der Waals surface area contributed by atoms with E-state index < -0.39 is 6.09 Å². The van der Waals surface area contributed by atoms with Crippen molar-refractivity contribution < 1.29 is 14.7 Å². The SMILES string of the molecule is COC(=O)N(O)c1cnc(C)cc1C. The number of hydrogen-bond donors (Lipinski definition) is 1. The highest BCUT2D eigenvalue weighted by atomic mass is 16.6. The molecule has 5 heteroatoms. The Morgan fingerprint density at radius 2 is 2.21 bits per heavy atom. The van der Waals surface area contributed by atoms with Gasteiger partial charge in [0.25, 0.3) is 0 Å². The van der Waals surface area contributed by atoms with Crippen LogP contribution < -0.4 is 5.06 Å². The summed E-state index contributed by atoms with van der Waals surface area (Å²) in [6.07, 6.45) is 0.584. The molecule has 1 aromatic heterocycles. The van der Waals surface area contributed by atoms with Gasteiger partial charge in [-0.25, -0.2) is 4.79 Å². The van der Waals surface area contributed by atoms with Gasteiger partial charge in [0.15, 0.2) is 0 Å². The van der Waals surface area contributed by atoms with E-state index in [1.165, 1.54) is 13.3 Å². The molecular formula is C9H12N2O3. The highest BCUT2D eigenvalue weighted by Crippen LogP contribution is 2.18. The summed E-state index contributed by atoms with van der Waals surface area (Å²) < 4.78 is 4.36. The first kappa shape index (κ1) is 10.5. The third-order valence-electron chi connectivity index (χ3n) is 1.80. The molecule has 0 aliphatic rings. The minimum Gasteiger partial charge on any atom is -0.451 e. The molecule has 0 saturated heterocycles. The van der Waals surface area contributed by atoms with Crippen LogP contribution in [0.15, 0.2) is 12.3 Å². The minimum atomic E-state index is -0.834. The lowest BCUT2D eigenvalue weighted by molar-refractivity contribution is 0.140. The number of hydrogen-bond acceptors (Lipinski definition) is 4. The highest BCUT2D eigenvalue weighted by molar-refractivity contribution is 5.85. The first-order valence-electron chi connectivity index (χ1n) is 4.06. The summed E-state index contributed by atoms with van der Waals surface area (Å²) in [5.74, 6) is 0. The first-order valence-corrected chi connectivity index (χ1v) is 4.06. The van der Waals surface area contributed by atoms with Gasteiger partial charge < -0.3 is 4.74 Å². The van der Waals surface area contributed by atoms with Crippen molar-refractivity contribution in [1.82, 2.24) is 4.98 Å². The van der Waals surface area contributed by atoms with Crippen molar-refractivity contribution in [3.05, 3.63) is 23.5 Å². The molecule has 1 heterocycles. The molecule has 5 nitrogen and oxygen atoms in total. The Labute approximate surface area is 81.9 Å². The topological polar surface area (TPSA) is 62.7 Å². The second-order valence-corrected chi connectivity index (χ2v) is 2.89. The molecule has 1 aromatic rings. The van der Waals surface area contributed by atoms with Crippen molar-refractivity contribution in [3.8, 4) is 0 Å². The molecule has 1 N–H and O–H groups in total. The number of pyridine rings is 1. The fourth-order valence-corrected chi connectivity index (χ4v) is 1.10. The molecule has 1 amide bonds. The predicted molar refractivity (Wildman–Crippen MR) is 50.4 cm³/mol. The van der Waals surface area contributed by atoms with Crippen molar-refractivity contribution in [3.63, 3.8) is 0 Å². The number of rotatable bonds is 1. The monoisotopic (exact) mass is 196 g/mol. The number of hydroxylamine groups is 1. The molecule has 0 aromatic carbocycles. The molecule has 0 unspecified atom stereocenters. The molecule has 0 spiro atoms. The average Bonchev–Trinajstić information content (AvgIpc) is 2.15. The normalized spacial score (nSPS) is 9.71. The molecule has 0 bridgehead atoms. The summed E-state index contributed by atoms with van der Waals surface area (Å²) in [5, 5.41) is 9.81. The third kappa shape index (κ3) is 2.00. The van der Waals surface area contributed by atoms with Gasteiger partial charge in [-0.05, 0) is 25.5 Å². The number of amides is 1.